The van der Waals surface area contributed by atoms with Crippen LogP contribution in [0.25, 0.3) is 10.7 Å². The fraction of sp³-hybridized carbons (Fsp3) is 0.538. The van der Waals surface area contributed by atoms with Crippen LogP contribution < -0.4 is 0 Å². The first-order valence-corrected chi connectivity index (χ1v) is 8.52. The molecule has 0 amide bonds. The maximum Gasteiger partial charge on any atom is 0.316 e. The molecule has 0 radical (unpaired) electrons. The third-order valence-electron chi connectivity index (χ3n) is 2.87. The second-order valence-corrected chi connectivity index (χ2v) is 6.69. The van der Waals surface area contributed by atoms with E-state index in [1.165, 1.54) is 30.2 Å². The van der Waals surface area contributed by atoms with Gasteiger partial charge in [0.25, 0.3) is 0 Å². The lowest BCUT2D eigenvalue weighted by molar-refractivity contribution is -0.137. The molecule has 0 aliphatic carbocycles. The first-order valence-electron chi connectivity index (χ1n) is 6.72. The number of rotatable bonds is 7. The lowest BCUT2D eigenvalue weighted by Gasteiger charge is -2.01. The Kier molecular flexibility index (Phi) is 5.75. The third kappa shape index (κ3) is 4.28. The highest BCUT2D eigenvalue weighted by molar-refractivity contribution is 8.01. The van der Waals surface area contributed by atoms with E-state index in [4.69, 9.17) is 0 Å². The average molecular weight is 326 g/mol. The topological polar surface area (TPSA) is 69.9 Å². The molecule has 2 rings (SSSR count). The van der Waals surface area contributed by atoms with Gasteiger partial charge in [-0.25, -0.2) is 0 Å². The standard InChI is InChI=1S/C13H18N4O2S2/c1-4-5-6-17-9(2)7-10(16-17)12-14-15-13(21-12)20-8-11(18)19-3/h7H,4-6,8H2,1-3H3. The molecule has 8 heteroatoms. The molecule has 114 valence electrons. The van der Waals surface area contributed by atoms with Gasteiger partial charge in [0.1, 0.15) is 5.69 Å². The fourth-order valence-corrected chi connectivity index (χ4v) is 3.34. The van der Waals surface area contributed by atoms with Crippen LogP contribution in [0.3, 0.4) is 0 Å². The first kappa shape index (κ1) is 16.0. The number of esters is 1. The van der Waals surface area contributed by atoms with Gasteiger partial charge in [0.15, 0.2) is 9.35 Å². The number of ether oxygens (including phenoxy) is 1. The van der Waals surface area contributed by atoms with Crippen LogP contribution in [0.4, 0.5) is 0 Å². The number of aryl methyl sites for hydroxylation is 2. The Balaban J connectivity index is 2.05. The van der Waals surface area contributed by atoms with Crippen LogP contribution in [0.5, 0.6) is 0 Å². The maximum atomic E-state index is 11.1. The molecule has 2 aromatic heterocycles. The summed E-state index contributed by atoms with van der Waals surface area (Å²) in [7, 11) is 1.38. The summed E-state index contributed by atoms with van der Waals surface area (Å²) in [5.41, 5.74) is 1.96. The maximum absolute atomic E-state index is 11.1. The van der Waals surface area contributed by atoms with Crippen molar-refractivity contribution in [3.05, 3.63) is 11.8 Å². The van der Waals surface area contributed by atoms with Crippen molar-refractivity contribution in [2.24, 2.45) is 0 Å². The molecule has 0 bridgehead atoms. The number of carbonyl (C=O) groups is 1. The van der Waals surface area contributed by atoms with Crippen LogP contribution in [0, 0.1) is 6.92 Å². The van der Waals surface area contributed by atoms with E-state index in [1.807, 2.05) is 17.7 Å². The normalized spacial score (nSPS) is 10.8. The average Bonchev–Trinajstić information content (AvgIpc) is 3.09. The van der Waals surface area contributed by atoms with Gasteiger partial charge in [-0.15, -0.1) is 10.2 Å². The van der Waals surface area contributed by atoms with Crippen molar-refractivity contribution in [2.75, 3.05) is 12.9 Å². The number of carbonyl (C=O) groups excluding carboxylic acids is 1. The van der Waals surface area contributed by atoms with E-state index in [-0.39, 0.29) is 11.7 Å². The Labute approximate surface area is 131 Å². The summed E-state index contributed by atoms with van der Waals surface area (Å²) in [5, 5.41) is 13.6. The van der Waals surface area contributed by atoms with Crippen molar-refractivity contribution in [3.8, 4) is 10.7 Å². The van der Waals surface area contributed by atoms with E-state index >= 15 is 0 Å². The Hall–Kier alpha value is -1.41. The van der Waals surface area contributed by atoms with E-state index in [2.05, 4.69) is 27.0 Å². The minimum Gasteiger partial charge on any atom is -0.468 e. The van der Waals surface area contributed by atoms with Crippen LogP contribution in [0.15, 0.2) is 10.4 Å². The number of unbranched alkanes of at least 4 members (excludes halogenated alkanes) is 1. The van der Waals surface area contributed by atoms with Gasteiger partial charge in [-0.05, 0) is 19.4 Å². The fourth-order valence-electron chi connectivity index (χ4n) is 1.70. The van der Waals surface area contributed by atoms with Gasteiger partial charge >= 0.3 is 5.97 Å². The zero-order chi connectivity index (χ0) is 15.2. The predicted octanol–water partition coefficient (Wildman–Crippen LogP) is 2.78. The molecule has 21 heavy (non-hydrogen) atoms. The number of hydrogen-bond acceptors (Lipinski definition) is 7. The highest BCUT2D eigenvalue weighted by Gasteiger charge is 2.13. The van der Waals surface area contributed by atoms with Crippen LogP contribution in [-0.4, -0.2) is 38.8 Å². The quantitative estimate of drug-likeness (QED) is 0.575. The van der Waals surface area contributed by atoms with Gasteiger partial charge < -0.3 is 4.74 Å². The lowest BCUT2D eigenvalue weighted by atomic mass is 10.3. The molecule has 0 N–H and O–H groups in total. The summed E-state index contributed by atoms with van der Waals surface area (Å²) < 4.78 is 7.35. The molecule has 6 nitrogen and oxygen atoms in total. The Morgan fingerprint density at radius 2 is 2.29 bits per heavy atom. The summed E-state index contributed by atoms with van der Waals surface area (Å²) >= 11 is 2.77. The summed E-state index contributed by atoms with van der Waals surface area (Å²) in [6, 6.07) is 2.02. The van der Waals surface area contributed by atoms with Crippen LogP contribution in [0.2, 0.25) is 0 Å². The number of nitrogens with zero attached hydrogens (tertiary/aromatic N) is 4. The van der Waals surface area contributed by atoms with Crippen molar-refractivity contribution in [1.82, 2.24) is 20.0 Å². The molecular weight excluding hydrogens is 308 g/mol. The zero-order valence-electron chi connectivity index (χ0n) is 12.3. The highest BCUT2D eigenvalue weighted by atomic mass is 32.2. The monoisotopic (exact) mass is 326 g/mol. The van der Waals surface area contributed by atoms with E-state index in [9.17, 15) is 4.79 Å². The Bertz CT molecular complexity index is 609. The number of methoxy groups -OCH3 is 1. The second kappa shape index (κ2) is 7.56. The SMILES string of the molecule is CCCCn1nc(-c2nnc(SCC(=O)OC)s2)cc1C. The van der Waals surface area contributed by atoms with Gasteiger partial charge in [-0.3, -0.25) is 9.48 Å². The van der Waals surface area contributed by atoms with Gasteiger partial charge in [-0.2, -0.15) is 5.10 Å². The predicted molar refractivity (Wildman–Crippen MR) is 83.5 cm³/mol. The number of aromatic nitrogens is 4. The highest BCUT2D eigenvalue weighted by Crippen LogP contribution is 2.29. The Morgan fingerprint density at radius 1 is 1.48 bits per heavy atom. The van der Waals surface area contributed by atoms with Crippen molar-refractivity contribution < 1.29 is 9.53 Å². The third-order valence-corrected chi connectivity index (χ3v) is 4.92. The number of thioether (sulfide) groups is 1. The molecule has 0 spiro atoms. The molecule has 0 aliphatic rings. The van der Waals surface area contributed by atoms with E-state index in [0.29, 0.717) is 0 Å². The van der Waals surface area contributed by atoms with Gasteiger partial charge in [0.2, 0.25) is 0 Å². The smallest absolute Gasteiger partial charge is 0.316 e. The molecule has 0 saturated carbocycles. The van der Waals surface area contributed by atoms with Crippen LogP contribution in [0.1, 0.15) is 25.5 Å². The van der Waals surface area contributed by atoms with E-state index in [0.717, 1.165) is 40.1 Å². The minimum atomic E-state index is -0.267. The van der Waals surface area contributed by atoms with Crippen molar-refractivity contribution in [1.29, 1.82) is 0 Å². The second-order valence-electron chi connectivity index (χ2n) is 4.49. The van der Waals surface area contributed by atoms with Crippen LogP contribution in [-0.2, 0) is 16.1 Å². The van der Waals surface area contributed by atoms with Gasteiger partial charge in [0, 0.05) is 12.2 Å². The molecule has 2 aromatic rings. The van der Waals surface area contributed by atoms with Crippen LogP contribution >= 0.6 is 23.1 Å². The zero-order valence-corrected chi connectivity index (χ0v) is 14.0. The molecule has 0 aromatic carbocycles. The molecular formula is C13H18N4O2S2. The van der Waals surface area contributed by atoms with Gasteiger partial charge in [0.05, 0.1) is 12.9 Å². The largest absolute Gasteiger partial charge is 0.468 e. The van der Waals surface area contributed by atoms with E-state index in [1.54, 1.807) is 0 Å². The molecule has 0 unspecified atom stereocenters. The van der Waals surface area contributed by atoms with Crippen molar-refractivity contribution >= 4 is 29.1 Å². The van der Waals surface area contributed by atoms with Crippen molar-refractivity contribution in [3.63, 3.8) is 0 Å². The van der Waals surface area contributed by atoms with Crippen molar-refractivity contribution in [2.45, 2.75) is 37.6 Å². The molecule has 0 atom stereocenters. The van der Waals surface area contributed by atoms with E-state index < -0.39 is 0 Å². The molecule has 2 heterocycles. The molecule has 0 fully saturated rings. The molecule has 0 saturated heterocycles. The lowest BCUT2D eigenvalue weighted by Crippen LogP contribution is -2.02. The summed E-state index contributed by atoms with van der Waals surface area (Å²) in [6.07, 6.45) is 2.25. The summed E-state index contributed by atoms with van der Waals surface area (Å²) in [6.45, 7) is 5.13. The minimum absolute atomic E-state index is 0.245. The molecule has 0 aliphatic heterocycles. The number of hydrogen-bond donors (Lipinski definition) is 0. The van der Waals surface area contributed by atoms with Gasteiger partial charge in [-0.1, -0.05) is 36.4 Å². The first-order chi connectivity index (χ1) is 10.1. The summed E-state index contributed by atoms with van der Waals surface area (Å²) in [5.74, 6) is -0.0220. The Morgan fingerprint density at radius 3 is 3.00 bits per heavy atom. The summed E-state index contributed by atoms with van der Waals surface area (Å²) in [4.78, 5) is 11.1.